The third kappa shape index (κ3) is 3.88. The third-order valence-electron chi connectivity index (χ3n) is 4.50. The number of aromatic hydroxyl groups is 1. The Bertz CT molecular complexity index is 1110. The standard InChI is InChI=1S/C21H22N2O6/c1-11(24)22-20(26)17-16-13(10-15(28-2)19(17)29-3)14(23-21(27)18(16)25)9-12-7-5-4-6-8-12/h4-8,10-11,24-25H,9H2,1-3H3,(H,22,26)(H,23,27). The lowest BCUT2D eigenvalue weighted by Gasteiger charge is -2.18. The van der Waals surface area contributed by atoms with E-state index in [2.05, 4.69) is 10.3 Å². The van der Waals surface area contributed by atoms with Crippen LogP contribution in [0.15, 0.2) is 41.2 Å². The van der Waals surface area contributed by atoms with Crippen molar-refractivity contribution in [3.8, 4) is 17.2 Å². The summed E-state index contributed by atoms with van der Waals surface area (Å²) in [4.78, 5) is 27.9. The monoisotopic (exact) mass is 398 g/mol. The van der Waals surface area contributed by atoms with E-state index in [9.17, 15) is 19.8 Å². The number of hydrogen-bond acceptors (Lipinski definition) is 6. The number of H-pyrrole nitrogens is 1. The maximum atomic E-state index is 12.8. The van der Waals surface area contributed by atoms with Crippen molar-refractivity contribution < 1.29 is 24.5 Å². The van der Waals surface area contributed by atoms with E-state index in [-0.39, 0.29) is 22.4 Å². The molecule has 0 spiro atoms. The number of ether oxygens (including phenoxy) is 2. The van der Waals surface area contributed by atoms with Gasteiger partial charge >= 0.3 is 0 Å². The third-order valence-corrected chi connectivity index (χ3v) is 4.50. The first-order chi connectivity index (χ1) is 13.9. The summed E-state index contributed by atoms with van der Waals surface area (Å²) < 4.78 is 10.7. The molecule has 0 aliphatic heterocycles. The van der Waals surface area contributed by atoms with Gasteiger partial charge in [0.15, 0.2) is 17.2 Å². The molecule has 29 heavy (non-hydrogen) atoms. The van der Waals surface area contributed by atoms with Crippen molar-refractivity contribution in [2.45, 2.75) is 19.6 Å². The maximum absolute atomic E-state index is 12.8. The molecule has 152 valence electrons. The van der Waals surface area contributed by atoms with Crippen molar-refractivity contribution >= 4 is 16.7 Å². The molecule has 0 aliphatic rings. The van der Waals surface area contributed by atoms with Crippen molar-refractivity contribution in [1.29, 1.82) is 0 Å². The summed E-state index contributed by atoms with van der Waals surface area (Å²) in [6, 6.07) is 11.0. The summed E-state index contributed by atoms with van der Waals surface area (Å²) in [5.41, 5.74) is 0.600. The molecule has 0 aliphatic carbocycles. The van der Waals surface area contributed by atoms with Crippen molar-refractivity contribution in [1.82, 2.24) is 10.3 Å². The second-order valence-corrected chi connectivity index (χ2v) is 6.50. The highest BCUT2D eigenvalue weighted by Gasteiger charge is 2.26. The summed E-state index contributed by atoms with van der Waals surface area (Å²) in [5.74, 6) is -1.04. The van der Waals surface area contributed by atoms with Gasteiger partial charge in [0.25, 0.3) is 11.5 Å². The van der Waals surface area contributed by atoms with Gasteiger partial charge in [0, 0.05) is 22.9 Å². The summed E-state index contributed by atoms with van der Waals surface area (Å²) in [5, 5.41) is 22.9. The molecule has 0 saturated carbocycles. The Morgan fingerprint density at radius 2 is 1.90 bits per heavy atom. The molecule has 3 aromatic rings. The Kier molecular flexibility index (Phi) is 5.74. The lowest BCUT2D eigenvalue weighted by molar-refractivity contribution is 0.0817. The van der Waals surface area contributed by atoms with Crippen LogP contribution in [0.3, 0.4) is 0 Å². The number of carbonyl (C=O) groups excluding carboxylic acids is 1. The van der Waals surface area contributed by atoms with E-state index < -0.39 is 23.4 Å². The van der Waals surface area contributed by atoms with Crippen molar-refractivity contribution in [2.24, 2.45) is 0 Å². The first kappa shape index (κ1) is 20.2. The summed E-state index contributed by atoms with van der Waals surface area (Å²) in [6.07, 6.45) is -0.791. The minimum absolute atomic E-state index is 0.0236. The maximum Gasteiger partial charge on any atom is 0.290 e. The first-order valence-electron chi connectivity index (χ1n) is 8.93. The molecule has 1 heterocycles. The number of aromatic amines is 1. The lowest BCUT2D eigenvalue weighted by atomic mass is 9.97. The number of carbonyl (C=O) groups is 1. The number of pyridine rings is 1. The number of aromatic nitrogens is 1. The number of aliphatic hydroxyl groups is 1. The quantitative estimate of drug-likeness (QED) is 0.471. The van der Waals surface area contributed by atoms with Crippen LogP contribution in [0.25, 0.3) is 10.8 Å². The van der Waals surface area contributed by atoms with E-state index in [0.29, 0.717) is 17.5 Å². The molecule has 1 unspecified atom stereocenters. The van der Waals surface area contributed by atoms with Gasteiger partial charge in [0.2, 0.25) is 0 Å². The van der Waals surface area contributed by atoms with Crippen molar-refractivity contribution in [3.63, 3.8) is 0 Å². The zero-order valence-electron chi connectivity index (χ0n) is 16.3. The van der Waals surface area contributed by atoms with Crippen LogP contribution >= 0.6 is 0 Å². The summed E-state index contributed by atoms with van der Waals surface area (Å²) >= 11 is 0. The van der Waals surface area contributed by atoms with Gasteiger partial charge in [-0.25, -0.2) is 0 Å². The van der Waals surface area contributed by atoms with Gasteiger partial charge in [0.05, 0.1) is 19.8 Å². The highest BCUT2D eigenvalue weighted by molar-refractivity contribution is 6.13. The lowest BCUT2D eigenvalue weighted by Crippen LogP contribution is -2.32. The van der Waals surface area contributed by atoms with E-state index in [1.807, 2.05) is 30.3 Å². The Balaban J connectivity index is 2.37. The minimum Gasteiger partial charge on any atom is -0.503 e. The molecular weight excluding hydrogens is 376 g/mol. The van der Waals surface area contributed by atoms with Crippen LogP contribution in [0.4, 0.5) is 0 Å². The predicted molar refractivity (Wildman–Crippen MR) is 108 cm³/mol. The SMILES string of the molecule is COc1cc2c(Cc3ccccc3)[nH]c(=O)c(O)c2c(C(=O)NC(C)O)c1OC. The van der Waals surface area contributed by atoms with Crippen LogP contribution in [-0.2, 0) is 6.42 Å². The van der Waals surface area contributed by atoms with Crippen molar-refractivity contribution in [3.05, 3.63) is 63.6 Å². The molecule has 2 aromatic carbocycles. The fourth-order valence-corrected chi connectivity index (χ4v) is 3.27. The zero-order valence-corrected chi connectivity index (χ0v) is 16.3. The van der Waals surface area contributed by atoms with E-state index in [0.717, 1.165) is 5.56 Å². The van der Waals surface area contributed by atoms with Crippen LogP contribution in [0, 0.1) is 0 Å². The number of fused-ring (bicyclic) bond motifs is 1. The number of methoxy groups -OCH3 is 2. The number of amides is 1. The molecule has 0 radical (unpaired) electrons. The minimum atomic E-state index is -1.15. The average molecular weight is 398 g/mol. The van der Waals surface area contributed by atoms with Crippen LogP contribution in [0.2, 0.25) is 0 Å². The van der Waals surface area contributed by atoms with E-state index in [4.69, 9.17) is 9.47 Å². The van der Waals surface area contributed by atoms with Crippen LogP contribution < -0.4 is 20.3 Å². The fraction of sp³-hybridized carbons (Fsp3) is 0.238. The highest BCUT2D eigenvalue weighted by Crippen LogP contribution is 2.41. The van der Waals surface area contributed by atoms with Crippen LogP contribution in [0.5, 0.6) is 17.2 Å². The van der Waals surface area contributed by atoms with Gasteiger partial charge in [-0.1, -0.05) is 30.3 Å². The number of benzene rings is 2. The fourth-order valence-electron chi connectivity index (χ4n) is 3.27. The van der Waals surface area contributed by atoms with E-state index in [1.165, 1.54) is 21.1 Å². The van der Waals surface area contributed by atoms with Gasteiger partial charge in [-0.3, -0.25) is 9.59 Å². The van der Waals surface area contributed by atoms with Crippen molar-refractivity contribution in [2.75, 3.05) is 14.2 Å². The predicted octanol–water partition coefficient (Wildman–Crippen LogP) is 1.91. The summed E-state index contributed by atoms with van der Waals surface area (Å²) in [7, 11) is 2.76. The smallest absolute Gasteiger partial charge is 0.290 e. The van der Waals surface area contributed by atoms with E-state index in [1.54, 1.807) is 6.07 Å². The second kappa shape index (κ2) is 8.24. The number of aliphatic hydroxyl groups excluding tert-OH is 1. The van der Waals surface area contributed by atoms with E-state index >= 15 is 0 Å². The number of hydrogen-bond donors (Lipinski definition) is 4. The largest absolute Gasteiger partial charge is 0.503 e. The normalized spacial score (nSPS) is 11.9. The number of rotatable bonds is 6. The number of nitrogens with one attached hydrogen (secondary N) is 2. The molecule has 8 nitrogen and oxygen atoms in total. The molecule has 8 heteroatoms. The molecule has 1 aromatic heterocycles. The average Bonchev–Trinajstić information content (AvgIpc) is 2.70. The molecule has 0 bridgehead atoms. The summed E-state index contributed by atoms with van der Waals surface area (Å²) in [6.45, 7) is 1.38. The Labute approximate surface area is 166 Å². The first-order valence-corrected chi connectivity index (χ1v) is 8.93. The molecule has 3 rings (SSSR count). The molecule has 1 amide bonds. The Hall–Kier alpha value is -3.52. The van der Waals surface area contributed by atoms with Gasteiger partial charge < -0.3 is 30.0 Å². The van der Waals surface area contributed by atoms with Crippen LogP contribution in [-0.4, -0.2) is 41.6 Å². The molecule has 1 atom stereocenters. The van der Waals surface area contributed by atoms with Gasteiger partial charge in [-0.05, 0) is 18.6 Å². The Morgan fingerprint density at radius 3 is 2.48 bits per heavy atom. The molecule has 0 fully saturated rings. The zero-order chi connectivity index (χ0) is 21.1. The van der Waals surface area contributed by atoms with Gasteiger partial charge in [0.1, 0.15) is 6.23 Å². The topological polar surface area (TPSA) is 121 Å². The van der Waals surface area contributed by atoms with Gasteiger partial charge in [-0.15, -0.1) is 0 Å². The molecule has 0 saturated heterocycles. The molecule has 4 N–H and O–H groups in total. The van der Waals surface area contributed by atoms with Crippen LogP contribution in [0.1, 0.15) is 28.5 Å². The second-order valence-electron chi connectivity index (χ2n) is 6.50. The highest BCUT2D eigenvalue weighted by atomic mass is 16.5. The Morgan fingerprint density at radius 1 is 1.21 bits per heavy atom. The molecular formula is C21H22N2O6. The van der Waals surface area contributed by atoms with Gasteiger partial charge in [-0.2, -0.15) is 0 Å².